The number of hydrogen-bond acceptors (Lipinski definition) is 3. The second-order valence-corrected chi connectivity index (χ2v) is 1.92. The van der Waals surface area contributed by atoms with E-state index in [-0.39, 0.29) is 4.77 Å². The summed E-state index contributed by atoms with van der Waals surface area (Å²) in [4.78, 5) is 3.39. The van der Waals surface area contributed by atoms with Crippen molar-refractivity contribution in [2.24, 2.45) is 0 Å². The first-order valence-corrected chi connectivity index (χ1v) is 2.88. The molecule has 0 aliphatic rings. The van der Waals surface area contributed by atoms with Gasteiger partial charge in [0.25, 0.3) is 15.1 Å². The van der Waals surface area contributed by atoms with Crippen LogP contribution in [0.25, 0.3) is 0 Å². The number of nitrogens with zero attached hydrogens (tertiary/aromatic N) is 1. The van der Waals surface area contributed by atoms with Gasteiger partial charge in [-0.1, -0.05) is 0 Å². The summed E-state index contributed by atoms with van der Waals surface area (Å²) in [5, 5.41) is 4.67. The summed E-state index contributed by atoms with van der Waals surface area (Å²) in [7, 11) is -2.25. The molecule has 1 aromatic heterocycles. The van der Waals surface area contributed by atoms with Crippen LogP contribution in [0.3, 0.4) is 0 Å². The third kappa shape index (κ3) is 0.784. The Labute approximate surface area is 45.9 Å². The smallest absolute Gasteiger partial charge is 0.269 e. The summed E-state index contributed by atoms with van der Waals surface area (Å²) in [6.07, 6.45) is 1.26. The van der Waals surface area contributed by atoms with E-state index in [1.807, 2.05) is 0 Å². The van der Waals surface area contributed by atoms with Crippen LogP contribution in [0, 0.1) is 4.77 Å². The molecule has 0 aliphatic carbocycles. The van der Waals surface area contributed by atoms with Crippen molar-refractivity contribution in [2.75, 3.05) is 0 Å². The maximum absolute atomic E-state index is 9.95. The number of nitrogens with one attached hydrogen (secondary N) is 2. The van der Waals surface area contributed by atoms with Gasteiger partial charge in [0.1, 0.15) is 6.33 Å². The molecular weight excluding hydrogens is 130 g/mol. The Hall–Kier alpha value is -1.04. The fourth-order valence-electron chi connectivity index (χ4n) is 0.302. The molecule has 0 atom stereocenters. The molecule has 0 unspecified atom stereocenters. The van der Waals surface area contributed by atoms with Gasteiger partial charge < -0.3 is 0 Å². The molecule has 0 radical (unpaired) electrons. The highest BCUT2D eigenvalue weighted by Gasteiger charge is 1.77. The lowest BCUT2D eigenvalue weighted by molar-refractivity contribution is 0.623. The maximum Gasteiger partial charge on any atom is 0.269 e. The van der Waals surface area contributed by atoms with Crippen molar-refractivity contribution in [1.82, 2.24) is 15.2 Å². The molecule has 1 aromatic rings. The van der Waals surface area contributed by atoms with Crippen LogP contribution < -0.4 is 0 Å². The molecule has 0 saturated heterocycles. The molecule has 0 bridgehead atoms. The minimum Gasteiger partial charge on any atom is -0.288 e. The SMILES string of the molecule is O=S(=O)=c1nc[nH][nH]1. The standard InChI is InChI=1S/C2H3N3O2S/c6-8(7)2-3-1-4-5-2/h1,5H,(H,3,4). The van der Waals surface area contributed by atoms with Crippen molar-refractivity contribution in [3.63, 3.8) is 0 Å². The largest absolute Gasteiger partial charge is 0.288 e. The van der Waals surface area contributed by atoms with Gasteiger partial charge in [-0.3, -0.25) is 10.2 Å². The highest BCUT2D eigenvalue weighted by Crippen LogP contribution is 1.64. The second-order valence-electron chi connectivity index (χ2n) is 1.07. The molecule has 5 nitrogen and oxygen atoms in total. The first-order valence-electron chi connectivity index (χ1n) is 1.81. The molecule has 1 rings (SSSR count). The summed E-state index contributed by atoms with van der Waals surface area (Å²) < 4.78 is 19.8. The second kappa shape index (κ2) is 1.83. The first-order chi connectivity index (χ1) is 3.80. The third-order valence-electron chi connectivity index (χ3n) is 0.583. The van der Waals surface area contributed by atoms with Crippen molar-refractivity contribution in [3.8, 4) is 0 Å². The van der Waals surface area contributed by atoms with Crippen molar-refractivity contribution >= 4 is 10.3 Å². The highest BCUT2D eigenvalue weighted by molar-refractivity contribution is 7.63. The minimum absolute atomic E-state index is 0.0787. The van der Waals surface area contributed by atoms with Crippen LogP contribution in [0.1, 0.15) is 0 Å². The number of aromatic nitrogens is 3. The Balaban J connectivity index is 3.78. The lowest BCUT2D eigenvalue weighted by atomic mass is 11.3. The fourth-order valence-corrected chi connectivity index (χ4v) is 0.583. The third-order valence-corrected chi connectivity index (χ3v) is 1.11. The summed E-state index contributed by atoms with van der Waals surface area (Å²) in [5.41, 5.74) is 0. The van der Waals surface area contributed by atoms with E-state index in [0.717, 1.165) is 0 Å². The molecule has 44 valence electrons. The predicted molar refractivity (Wildman–Crippen MR) is 25.1 cm³/mol. The Kier molecular flexibility index (Phi) is 1.17. The van der Waals surface area contributed by atoms with E-state index in [2.05, 4.69) is 15.2 Å². The van der Waals surface area contributed by atoms with Gasteiger partial charge in [-0.15, -0.1) is 0 Å². The molecule has 0 spiro atoms. The van der Waals surface area contributed by atoms with E-state index in [1.54, 1.807) is 0 Å². The number of hydrogen-bond donors (Lipinski definition) is 2. The van der Waals surface area contributed by atoms with Gasteiger partial charge in [0.2, 0.25) is 0 Å². The summed E-state index contributed by atoms with van der Waals surface area (Å²) in [6, 6.07) is 0. The molecule has 0 fully saturated rings. The van der Waals surface area contributed by atoms with Crippen molar-refractivity contribution in [1.29, 1.82) is 0 Å². The molecular formula is C2H3N3O2S. The Morgan fingerprint density at radius 3 is 2.62 bits per heavy atom. The molecule has 1 heterocycles. The van der Waals surface area contributed by atoms with E-state index in [0.29, 0.717) is 0 Å². The van der Waals surface area contributed by atoms with E-state index in [9.17, 15) is 8.42 Å². The number of H-pyrrole nitrogens is 2. The molecule has 8 heavy (non-hydrogen) atoms. The van der Waals surface area contributed by atoms with Crippen LogP contribution in [0.4, 0.5) is 0 Å². The van der Waals surface area contributed by atoms with Crippen molar-refractivity contribution in [3.05, 3.63) is 11.1 Å². The lowest BCUT2D eigenvalue weighted by Gasteiger charge is -1.56. The van der Waals surface area contributed by atoms with Gasteiger partial charge in [0, 0.05) is 0 Å². The van der Waals surface area contributed by atoms with Crippen LogP contribution in [-0.4, -0.2) is 23.6 Å². The van der Waals surface area contributed by atoms with E-state index < -0.39 is 10.3 Å². The molecule has 0 amide bonds. The van der Waals surface area contributed by atoms with Crippen LogP contribution in [-0.2, 0) is 10.3 Å². The quantitative estimate of drug-likeness (QED) is 0.452. The molecule has 2 N–H and O–H groups in total. The van der Waals surface area contributed by atoms with Crippen molar-refractivity contribution in [2.45, 2.75) is 0 Å². The average Bonchev–Trinajstić information content (AvgIpc) is 2.12. The maximum atomic E-state index is 9.95. The summed E-state index contributed by atoms with van der Waals surface area (Å²) >= 11 is 0. The Morgan fingerprint density at radius 2 is 2.38 bits per heavy atom. The van der Waals surface area contributed by atoms with E-state index in [4.69, 9.17) is 0 Å². The zero-order chi connectivity index (χ0) is 5.98. The van der Waals surface area contributed by atoms with Crippen LogP contribution in [0.2, 0.25) is 0 Å². The molecule has 0 aliphatic heterocycles. The van der Waals surface area contributed by atoms with Gasteiger partial charge >= 0.3 is 0 Å². The average molecular weight is 133 g/mol. The fraction of sp³-hybridized carbons (Fsp3) is 0. The lowest BCUT2D eigenvalue weighted by Crippen LogP contribution is -1.69. The topological polar surface area (TPSA) is 78.6 Å². The summed E-state index contributed by atoms with van der Waals surface area (Å²) in [6.45, 7) is 0. The predicted octanol–water partition coefficient (Wildman–Crippen LogP) is -0.851. The van der Waals surface area contributed by atoms with Crippen LogP contribution in [0.5, 0.6) is 0 Å². The van der Waals surface area contributed by atoms with Crippen molar-refractivity contribution < 1.29 is 8.42 Å². The monoisotopic (exact) mass is 133 g/mol. The van der Waals surface area contributed by atoms with Gasteiger partial charge in [-0.05, 0) is 0 Å². The van der Waals surface area contributed by atoms with E-state index >= 15 is 0 Å². The van der Waals surface area contributed by atoms with Gasteiger partial charge in [0.05, 0.1) is 0 Å². The molecule has 0 aromatic carbocycles. The molecule has 6 heteroatoms. The summed E-state index contributed by atoms with van der Waals surface area (Å²) in [5.74, 6) is 0. The first kappa shape index (κ1) is 5.10. The van der Waals surface area contributed by atoms with Gasteiger partial charge in [-0.2, -0.15) is 8.42 Å². The number of rotatable bonds is 0. The molecule has 0 saturated carbocycles. The number of aromatic amines is 2. The van der Waals surface area contributed by atoms with Crippen LogP contribution in [0.15, 0.2) is 6.33 Å². The zero-order valence-electron chi connectivity index (χ0n) is 3.75. The van der Waals surface area contributed by atoms with E-state index in [1.165, 1.54) is 6.33 Å². The normalized spacial score (nSPS) is 9.00. The van der Waals surface area contributed by atoms with Gasteiger partial charge in [0.15, 0.2) is 0 Å². The highest BCUT2D eigenvalue weighted by atomic mass is 32.2. The minimum atomic E-state index is -2.25. The zero-order valence-corrected chi connectivity index (χ0v) is 4.57. The Bertz CT molecular complexity index is 292. The van der Waals surface area contributed by atoms with Gasteiger partial charge in [-0.25, -0.2) is 4.98 Å². The van der Waals surface area contributed by atoms with Crippen LogP contribution >= 0.6 is 0 Å². The Morgan fingerprint density at radius 1 is 1.62 bits per heavy atom.